The monoisotopic (exact) mass is 454 g/mol. The molecule has 0 N–H and O–H groups in total. The highest BCUT2D eigenvalue weighted by atomic mass is 79.9. The van der Waals surface area contributed by atoms with Crippen LogP contribution in [0.25, 0.3) is 0 Å². The molecular formula is C22H19BrN2O4. The SMILES string of the molecule is COc1ccc(C2=NN(C(=O)c3ccc(Br)o3)C(c3ccccc3)C2)c(OC)c1. The lowest BCUT2D eigenvalue weighted by Crippen LogP contribution is -2.26. The number of hydrazone groups is 1. The molecule has 6 nitrogen and oxygen atoms in total. The number of methoxy groups -OCH3 is 2. The predicted octanol–water partition coefficient (Wildman–Crippen LogP) is 5.05. The summed E-state index contributed by atoms with van der Waals surface area (Å²) in [6.07, 6.45) is 0.556. The Kier molecular flexibility index (Phi) is 5.40. The highest BCUT2D eigenvalue weighted by Crippen LogP contribution is 2.37. The number of carbonyl (C=O) groups is 1. The van der Waals surface area contributed by atoms with Gasteiger partial charge in [-0.05, 0) is 45.8 Å². The molecule has 0 spiro atoms. The van der Waals surface area contributed by atoms with Crippen LogP contribution < -0.4 is 9.47 Å². The molecule has 0 saturated heterocycles. The molecule has 1 aromatic heterocycles. The maximum atomic E-state index is 13.1. The van der Waals surface area contributed by atoms with Gasteiger partial charge in [-0.3, -0.25) is 4.79 Å². The third-order valence-electron chi connectivity index (χ3n) is 4.81. The van der Waals surface area contributed by atoms with Gasteiger partial charge in [0.2, 0.25) is 0 Å². The number of hydrogen-bond donors (Lipinski definition) is 0. The van der Waals surface area contributed by atoms with Crippen molar-refractivity contribution in [3.8, 4) is 11.5 Å². The van der Waals surface area contributed by atoms with E-state index in [9.17, 15) is 4.79 Å². The third-order valence-corrected chi connectivity index (χ3v) is 5.23. The van der Waals surface area contributed by atoms with Gasteiger partial charge < -0.3 is 13.9 Å². The van der Waals surface area contributed by atoms with E-state index in [-0.39, 0.29) is 17.7 Å². The zero-order valence-corrected chi connectivity index (χ0v) is 17.5. The number of hydrogen-bond acceptors (Lipinski definition) is 5. The Hall–Kier alpha value is -3.06. The zero-order valence-electron chi connectivity index (χ0n) is 16.0. The summed E-state index contributed by atoms with van der Waals surface area (Å²) in [4.78, 5) is 13.1. The minimum absolute atomic E-state index is 0.226. The van der Waals surface area contributed by atoms with Crippen molar-refractivity contribution in [3.63, 3.8) is 0 Å². The summed E-state index contributed by atoms with van der Waals surface area (Å²) >= 11 is 3.25. The lowest BCUT2D eigenvalue weighted by atomic mass is 9.98. The van der Waals surface area contributed by atoms with Crippen molar-refractivity contribution in [1.29, 1.82) is 0 Å². The van der Waals surface area contributed by atoms with Crippen LogP contribution >= 0.6 is 15.9 Å². The van der Waals surface area contributed by atoms with Crippen LogP contribution in [0.15, 0.2) is 74.9 Å². The van der Waals surface area contributed by atoms with E-state index in [0.29, 0.717) is 22.6 Å². The van der Waals surface area contributed by atoms with Crippen molar-refractivity contribution in [2.75, 3.05) is 14.2 Å². The number of furan rings is 1. The molecule has 1 amide bonds. The lowest BCUT2D eigenvalue weighted by molar-refractivity contribution is 0.0677. The van der Waals surface area contributed by atoms with Crippen LogP contribution in [-0.4, -0.2) is 30.8 Å². The number of halogens is 1. The van der Waals surface area contributed by atoms with E-state index < -0.39 is 0 Å². The second-order valence-corrected chi connectivity index (χ2v) is 7.28. The van der Waals surface area contributed by atoms with Gasteiger partial charge in [0.15, 0.2) is 10.4 Å². The van der Waals surface area contributed by atoms with Crippen molar-refractivity contribution in [3.05, 3.63) is 82.2 Å². The summed E-state index contributed by atoms with van der Waals surface area (Å²) in [6, 6.07) is 18.5. The molecule has 1 atom stereocenters. The molecule has 0 aliphatic carbocycles. The van der Waals surface area contributed by atoms with Crippen molar-refractivity contribution in [1.82, 2.24) is 5.01 Å². The van der Waals surface area contributed by atoms with Gasteiger partial charge in [-0.2, -0.15) is 5.10 Å². The smallest absolute Gasteiger partial charge is 0.310 e. The first-order valence-electron chi connectivity index (χ1n) is 9.04. The predicted molar refractivity (Wildman–Crippen MR) is 112 cm³/mol. The highest BCUT2D eigenvalue weighted by molar-refractivity contribution is 9.10. The van der Waals surface area contributed by atoms with Crippen LogP contribution in [0.1, 0.15) is 34.1 Å². The number of rotatable bonds is 5. The Balaban J connectivity index is 1.75. The molecule has 148 valence electrons. The van der Waals surface area contributed by atoms with E-state index in [4.69, 9.17) is 13.9 Å². The molecule has 1 aliphatic rings. The van der Waals surface area contributed by atoms with Gasteiger partial charge in [-0.25, -0.2) is 5.01 Å². The second-order valence-electron chi connectivity index (χ2n) is 6.50. The van der Waals surface area contributed by atoms with E-state index in [1.165, 1.54) is 5.01 Å². The van der Waals surface area contributed by atoms with Gasteiger partial charge in [0, 0.05) is 18.1 Å². The van der Waals surface area contributed by atoms with Crippen LogP contribution in [0.4, 0.5) is 0 Å². The average molecular weight is 455 g/mol. The molecule has 2 aromatic carbocycles. The Morgan fingerprint density at radius 2 is 1.90 bits per heavy atom. The first-order valence-corrected chi connectivity index (χ1v) is 9.83. The molecule has 2 heterocycles. The molecule has 4 rings (SSSR count). The molecular weight excluding hydrogens is 436 g/mol. The third kappa shape index (κ3) is 3.78. The molecule has 0 radical (unpaired) electrons. The Morgan fingerprint density at radius 1 is 1.10 bits per heavy atom. The normalized spacial score (nSPS) is 15.9. The van der Waals surface area contributed by atoms with Gasteiger partial charge in [-0.1, -0.05) is 30.3 Å². The van der Waals surface area contributed by atoms with Crippen molar-refractivity contribution >= 4 is 27.5 Å². The fourth-order valence-electron chi connectivity index (χ4n) is 3.37. The zero-order chi connectivity index (χ0) is 20.4. The Morgan fingerprint density at radius 3 is 2.55 bits per heavy atom. The van der Waals surface area contributed by atoms with Gasteiger partial charge in [0.1, 0.15) is 11.5 Å². The fraction of sp³-hybridized carbons (Fsp3) is 0.182. The minimum Gasteiger partial charge on any atom is -0.497 e. The summed E-state index contributed by atoms with van der Waals surface area (Å²) in [5.74, 6) is 1.26. The van der Waals surface area contributed by atoms with E-state index in [1.807, 2.05) is 48.5 Å². The summed E-state index contributed by atoms with van der Waals surface area (Å²) in [5.41, 5.74) is 2.58. The Bertz CT molecular complexity index is 1060. The molecule has 0 bridgehead atoms. The summed E-state index contributed by atoms with van der Waals surface area (Å²) in [6.45, 7) is 0. The number of benzene rings is 2. The van der Waals surface area contributed by atoms with Crippen LogP contribution in [0.2, 0.25) is 0 Å². The van der Waals surface area contributed by atoms with Crippen molar-refractivity contribution in [2.24, 2.45) is 5.10 Å². The first kappa shape index (κ1) is 19.3. The van der Waals surface area contributed by atoms with Crippen LogP contribution in [0.5, 0.6) is 11.5 Å². The summed E-state index contributed by atoms with van der Waals surface area (Å²) in [5, 5.41) is 6.16. The lowest BCUT2D eigenvalue weighted by Gasteiger charge is -2.21. The highest BCUT2D eigenvalue weighted by Gasteiger charge is 2.35. The first-order chi connectivity index (χ1) is 14.1. The van der Waals surface area contributed by atoms with E-state index >= 15 is 0 Å². The maximum Gasteiger partial charge on any atom is 0.310 e. The number of ether oxygens (including phenoxy) is 2. The van der Waals surface area contributed by atoms with E-state index in [2.05, 4.69) is 21.0 Å². The number of amides is 1. The molecule has 1 unspecified atom stereocenters. The largest absolute Gasteiger partial charge is 0.497 e. The van der Waals surface area contributed by atoms with E-state index in [1.54, 1.807) is 26.4 Å². The standard InChI is InChI=1S/C22H19BrN2O4/c1-27-15-8-9-16(20(12-15)28-2)17-13-18(14-6-4-3-5-7-14)25(24-17)22(26)19-10-11-21(23)29-19/h3-12,18H,13H2,1-2H3. The van der Waals surface area contributed by atoms with Crippen LogP contribution in [0.3, 0.4) is 0 Å². The minimum atomic E-state index is -0.299. The molecule has 1 aliphatic heterocycles. The molecule has 3 aromatic rings. The van der Waals surface area contributed by atoms with Crippen LogP contribution in [0, 0.1) is 0 Å². The number of carbonyl (C=O) groups excluding carboxylic acids is 1. The molecule has 0 saturated carbocycles. The number of nitrogens with zero attached hydrogens (tertiary/aromatic N) is 2. The fourth-order valence-corrected chi connectivity index (χ4v) is 3.68. The van der Waals surface area contributed by atoms with E-state index in [0.717, 1.165) is 16.8 Å². The topological polar surface area (TPSA) is 64.3 Å². The molecule has 7 heteroatoms. The van der Waals surface area contributed by atoms with Gasteiger partial charge in [-0.15, -0.1) is 0 Å². The second kappa shape index (κ2) is 8.13. The van der Waals surface area contributed by atoms with Crippen molar-refractivity contribution in [2.45, 2.75) is 12.5 Å². The summed E-state index contributed by atoms with van der Waals surface area (Å²) < 4.78 is 16.8. The average Bonchev–Trinajstić information content (AvgIpc) is 3.40. The van der Waals surface area contributed by atoms with Gasteiger partial charge in [0.25, 0.3) is 0 Å². The maximum absolute atomic E-state index is 13.1. The quantitative estimate of drug-likeness (QED) is 0.540. The van der Waals surface area contributed by atoms with Gasteiger partial charge in [0.05, 0.1) is 26.0 Å². The Labute approximate surface area is 176 Å². The summed E-state index contributed by atoms with van der Waals surface area (Å²) in [7, 11) is 3.21. The van der Waals surface area contributed by atoms with Crippen LogP contribution in [-0.2, 0) is 0 Å². The molecule has 29 heavy (non-hydrogen) atoms. The van der Waals surface area contributed by atoms with Crippen molar-refractivity contribution < 1.29 is 18.7 Å². The van der Waals surface area contributed by atoms with Gasteiger partial charge >= 0.3 is 5.91 Å². The molecule has 0 fully saturated rings.